The van der Waals surface area contributed by atoms with Gasteiger partial charge >= 0.3 is 0 Å². The van der Waals surface area contributed by atoms with E-state index in [1.54, 1.807) is 0 Å². The van der Waals surface area contributed by atoms with Crippen LogP contribution in [0.25, 0.3) is 88.0 Å². The van der Waals surface area contributed by atoms with Crippen molar-refractivity contribution in [2.75, 3.05) is 4.90 Å². The SMILES string of the molecule is c1ccc(C2(c3ccccc3)c3ccccc3-c3cc(N(c4ccc(-c5ccc6c(c5)oc5ccc7ccccc7c56)cc4)c4ccc(-c5cccc6c5oc5ccccc56)cc4)ccc32)cc1. The van der Waals surface area contributed by atoms with Gasteiger partial charge in [-0.15, -0.1) is 0 Å². The fourth-order valence-corrected chi connectivity index (χ4v) is 11.3. The number of fused-ring (bicyclic) bond motifs is 11. The molecular formula is C65H41NO2. The van der Waals surface area contributed by atoms with Gasteiger partial charge in [0.1, 0.15) is 22.3 Å². The molecule has 11 aromatic carbocycles. The molecule has 0 bridgehead atoms. The van der Waals surface area contributed by atoms with Crippen LogP contribution in [-0.4, -0.2) is 0 Å². The highest BCUT2D eigenvalue weighted by molar-refractivity contribution is 6.19. The van der Waals surface area contributed by atoms with Crippen molar-refractivity contribution in [1.29, 1.82) is 0 Å². The van der Waals surface area contributed by atoms with E-state index in [4.69, 9.17) is 8.83 Å². The van der Waals surface area contributed by atoms with Gasteiger partial charge in [-0.2, -0.15) is 0 Å². The lowest BCUT2D eigenvalue weighted by molar-refractivity contribution is 0.669. The zero-order chi connectivity index (χ0) is 44.8. The van der Waals surface area contributed by atoms with Crippen molar-refractivity contribution in [3.8, 4) is 33.4 Å². The van der Waals surface area contributed by atoms with Gasteiger partial charge in [0.05, 0.1) is 5.41 Å². The Morgan fingerprint density at radius 3 is 1.69 bits per heavy atom. The molecule has 3 nitrogen and oxygen atoms in total. The van der Waals surface area contributed by atoms with Crippen molar-refractivity contribution in [2.24, 2.45) is 0 Å². The standard InChI is InChI=1S/C65H41NO2/c1-3-15-46(16-4-1)65(47-17-5-2-6-18-47)58-24-11-9-20-53(58)57-41-50(36-38-59(57)65)66(49-34-28-44(29-35-49)52-22-13-23-55-54-21-10-12-25-60(54)68-64(52)55)48-32-26-42(27-33-48)45-30-37-56-62(40-45)67-61-39-31-43-14-7-8-19-51(43)63(56)61/h1-41H. The second-order valence-corrected chi connectivity index (χ2v) is 17.9. The number of furan rings is 2. The van der Waals surface area contributed by atoms with E-state index in [1.165, 1.54) is 44.2 Å². The maximum absolute atomic E-state index is 6.50. The van der Waals surface area contributed by atoms with Crippen molar-refractivity contribution < 1.29 is 8.83 Å². The number of nitrogens with zero attached hydrogens (tertiary/aromatic N) is 1. The Bertz CT molecular complexity index is 4030. The first-order valence-corrected chi connectivity index (χ1v) is 23.3. The van der Waals surface area contributed by atoms with Gasteiger partial charge in [0, 0.05) is 44.2 Å². The Morgan fingerprint density at radius 2 is 0.912 bits per heavy atom. The summed E-state index contributed by atoms with van der Waals surface area (Å²) in [5, 5.41) is 6.97. The molecule has 0 atom stereocenters. The third-order valence-corrected chi connectivity index (χ3v) is 14.4. The van der Waals surface area contributed by atoms with E-state index in [1.807, 2.05) is 12.1 Å². The van der Waals surface area contributed by atoms with Gasteiger partial charge in [-0.05, 0) is 122 Å². The molecule has 0 aliphatic heterocycles. The highest BCUT2D eigenvalue weighted by atomic mass is 16.3. The molecule has 0 fully saturated rings. The minimum atomic E-state index is -0.479. The second-order valence-electron chi connectivity index (χ2n) is 17.9. The lowest BCUT2D eigenvalue weighted by atomic mass is 9.68. The molecule has 13 aromatic rings. The monoisotopic (exact) mass is 867 g/mol. The molecule has 2 heterocycles. The van der Waals surface area contributed by atoms with Gasteiger partial charge < -0.3 is 13.7 Å². The number of rotatable bonds is 7. The van der Waals surface area contributed by atoms with Crippen molar-refractivity contribution in [3.05, 3.63) is 271 Å². The summed E-state index contributed by atoms with van der Waals surface area (Å²) in [7, 11) is 0. The molecule has 318 valence electrons. The zero-order valence-electron chi connectivity index (χ0n) is 36.9. The van der Waals surface area contributed by atoms with Crippen LogP contribution < -0.4 is 4.90 Å². The number of benzene rings is 11. The molecule has 0 radical (unpaired) electrons. The Kier molecular flexibility index (Phi) is 8.50. The topological polar surface area (TPSA) is 29.5 Å². The molecule has 0 amide bonds. The summed E-state index contributed by atoms with van der Waals surface area (Å²) in [5.74, 6) is 0. The fraction of sp³-hybridized carbons (Fsp3) is 0.0154. The summed E-state index contributed by atoms with van der Waals surface area (Å²) in [6.45, 7) is 0. The number of anilines is 3. The molecule has 14 rings (SSSR count). The van der Waals surface area contributed by atoms with Crippen LogP contribution in [0.15, 0.2) is 258 Å². The van der Waals surface area contributed by atoms with Crippen molar-refractivity contribution in [2.45, 2.75) is 5.41 Å². The smallest absolute Gasteiger partial charge is 0.143 e. The summed E-state index contributed by atoms with van der Waals surface area (Å²) in [5.41, 5.74) is 18.2. The summed E-state index contributed by atoms with van der Waals surface area (Å²) >= 11 is 0. The van der Waals surface area contributed by atoms with E-state index in [0.29, 0.717) is 0 Å². The quantitative estimate of drug-likeness (QED) is 0.160. The highest BCUT2D eigenvalue weighted by Crippen LogP contribution is 2.57. The van der Waals surface area contributed by atoms with Crippen molar-refractivity contribution >= 4 is 71.7 Å². The van der Waals surface area contributed by atoms with Gasteiger partial charge in [0.25, 0.3) is 0 Å². The third-order valence-electron chi connectivity index (χ3n) is 14.4. The van der Waals surface area contributed by atoms with Crippen LogP contribution in [0.3, 0.4) is 0 Å². The minimum Gasteiger partial charge on any atom is -0.456 e. The predicted octanol–water partition coefficient (Wildman–Crippen LogP) is 17.8. The zero-order valence-corrected chi connectivity index (χ0v) is 36.9. The van der Waals surface area contributed by atoms with Gasteiger partial charge in [-0.3, -0.25) is 0 Å². The predicted molar refractivity (Wildman–Crippen MR) is 281 cm³/mol. The van der Waals surface area contributed by atoms with Crippen LogP contribution in [0.4, 0.5) is 17.1 Å². The van der Waals surface area contributed by atoms with Crippen LogP contribution in [0.5, 0.6) is 0 Å². The normalized spacial score (nSPS) is 12.8. The number of hydrogen-bond acceptors (Lipinski definition) is 3. The molecule has 0 spiro atoms. The molecule has 0 N–H and O–H groups in total. The van der Waals surface area contributed by atoms with E-state index in [0.717, 1.165) is 83.2 Å². The van der Waals surface area contributed by atoms with Crippen molar-refractivity contribution in [1.82, 2.24) is 0 Å². The average molecular weight is 868 g/mol. The van der Waals surface area contributed by atoms with E-state index in [2.05, 4.69) is 241 Å². The highest BCUT2D eigenvalue weighted by Gasteiger charge is 2.46. The lowest BCUT2D eigenvalue weighted by Gasteiger charge is -2.34. The van der Waals surface area contributed by atoms with E-state index >= 15 is 0 Å². The Hall–Kier alpha value is -8.92. The summed E-state index contributed by atoms with van der Waals surface area (Å²) in [6.07, 6.45) is 0. The maximum atomic E-state index is 6.50. The van der Waals surface area contributed by atoms with Gasteiger partial charge in [0.2, 0.25) is 0 Å². The van der Waals surface area contributed by atoms with Crippen LogP contribution >= 0.6 is 0 Å². The van der Waals surface area contributed by atoms with Crippen LogP contribution in [-0.2, 0) is 5.41 Å². The van der Waals surface area contributed by atoms with Gasteiger partial charge in [-0.1, -0.05) is 188 Å². The van der Waals surface area contributed by atoms with Crippen molar-refractivity contribution in [3.63, 3.8) is 0 Å². The molecule has 2 aromatic heterocycles. The fourth-order valence-electron chi connectivity index (χ4n) is 11.3. The average Bonchev–Trinajstić information content (AvgIpc) is 4.08. The maximum Gasteiger partial charge on any atom is 0.143 e. The third kappa shape index (κ3) is 5.72. The molecular weight excluding hydrogens is 827 g/mol. The van der Waals surface area contributed by atoms with Crippen LogP contribution in [0.2, 0.25) is 0 Å². The number of hydrogen-bond donors (Lipinski definition) is 0. The summed E-state index contributed by atoms with van der Waals surface area (Å²) in [6, 6.07) is 90.0. The Labute approximate surface area is 393 Å². The van der Waals surface area contributed by atoms with Crippen LogP contribution in [0.1, 0.15) is 22.3 Å². The first-order valence-electron chi connectivity index (χ1n) is 23.3. The van der Waals surface area contributed by atoms with Gasteiger partial charge in [0.15, 0.2) is 0 Å². The van der Waals surface area contributed by atoms with E-state index in [-0.39, 0.29) is 0 Å². The molecule has 3 heteroatoms. The summed E-state index contributed by atoms with van der Waals surface area (Å²) < 4.78 is 13.0. The lowest BCUT2D eigenvalue weighted by Crippen LogP contribution is -2.28. The van der Waals surface area contributed by atoms with E-state index < -0.39 is 5.41 Å². The number of para-hydroxylation sites is 2. The first-order chi connectivity index (χ1) is 33.7. The largest absolute Gasteiger partial charge is 0.456 e. The van der Waals surface area contributed by atoms with E-state index in [9.17, 15) is 0 Å². The summed E-state index contributed by atoms with van der Waals surface area (Å²) in [4.78, 5) is 2.39. The molecule has 0 saturated heterocycles. The Morgan fingerprint density at radius 1 is 0.309 bits per heavy atom. The molecule has 68 heavy (non-hydrogen) atoms. The minimum absolute atomic E-state index is 0.479. The second kappa shape index (κ2) is 15.1. The molecule has 1 aliphatic carbocycles. The Balaban J connectivity index is 0.914. The molecule has 0 saturated carbocycles. The van der Waals surface area contributed by atoms with Gasteiger partial charge in [-0.25, -0.2) is 0 Å². The molecule has 0 unspecified atom stereocenters. The first kappa shape index (κ1) is 38.4. The van der Waals surface area contributed by atoms with Crippen LogP contribution in [0, 0.1) is 0 Å². The molecule has 1 aliphatic rings.